The molecule has 1 aliphatic heterocycles. The Kier molecular flexibility index (Phi) is 3.86. The highest BCUT2D eigenvalue weighted by Gasteiger charge is 2.29. The molecule has 0 atom stereocenters. The maximum absolute atomic E-state index is 12.9. The van der Waals surface area contributed by atoms with Gasteiger partial charge in [0.1, 0.15) is 5.56 Å². The molecule has 5 nitrogen and oxygen atoms in total. The first-order chi connectivity index (χ1) is 11.0. The van der Waals surface area contributed by atoms with Crippen LogP contribution in [0, 0.1) is 24.0 Å². The highest BCUT2D eigenvalue weighted by Crippen LogP contribution is 2.32. The minimum atomic E-state index is -0.470. The molecule has 5 heteroatoms. The number of nitro groups is 1. The van der Waals surface area contributed by atoms with Crippen LogP contribution in [0.15, 0.2) is 36.4 Å². The third-order valence-electron chi connectivity index (χ3n) is 4.25. The van der Waals surface area contributed by atoms with Gasteiger partial charge in [0, 0.05) is 17.8 Å². The molecule has 0 fully saturated rings. The highest BCUT2D eigenvalue weighted by molar-refractivity contribution is 6.09. The fourth-order valence-corrected chi connectivity index (χ4v) is 3.16. The summed E-state index contributed by atoms with van der Waals surface area (Å²) in [5, 5.41) is 11.4. The van der Waals surface area contributed by atoms with E-state index in [1.54, 1.807) is 24.0 Å². The summed E-state index contributed by atoms with van der Waals surface area (Å²) in [6.07, 6.45) is 1.79. The number of aryl methyl sites for hydroxylation is 3. The molecular weight excluding hydrogens is 292 g/mol. The molecule has 0 saturated carbocycles. The lowest BCUT2D eigenvalue weighted by Gasteiger charge is -2.29. The van der Waals surface area contributed by atoms with Crippen LogP contribution in [-0.2, 0) is 6.42 Å². The van der Waals surface area contributed by atoms with Crippen molar-refractivity contribution in [1.82, 2.24) is 0 Å². The number of hydrogen-bond donors (Lipinski definition) is 0. The smallest absolute Gasteiger partial charge is 0.285 e. The van der Waals surface area contributed by atoms with Gasteiger partial charge in [-0.15, -0.1) is 0 Å². The first kappa shape index (κ1) is 15.2. The lowest BCUT2D eigenvalue weighted by molar-refractivity contribution is -0.385. The van der Waals surface area contributed by atoms with E-state index in [1.165, 1.54) is 6.07 Å². The number of benzene rings is 2. The zero-order valence-corrected chi connectivity index (χ0v) is 13.2. The van der Waals surface area contributed by atoms with Crippen LogP contribution in [0.3, 0.4) is 0 Å². The number of nitrogens with zero attached hydrogens (tertiary/aromatic N) is 2. The molecule has 0 aliphatic carbocycles. The summed E-state index contributed by atoms with van der Waals surface area (Å²) in [7, 11) is 0. The van der Waals surface area contributed by atoms with E-state index in [9.17, 15) is 14.9 Å². The van der Waals surface area contributed by atoms with Gasteiger partial charge >= 0.3 is 0 Å². The molecule has 118 valence electrons. The molecule has 23 heavy (non-hydrogen) atoms. The van der Waals surface area contributed by atoms with Gasteiger partial charge in [0.25, 0.3) is 11.6 Å². The number of carbonyl (C=O) groups excluding carboxylic acids is 1. The van der Waals surface area contributed by atoms with Crippen LogP contribution in [-0.4, -0.2) is 17.4 Å². The molecule has 0 saturated heterocycles. The van der Waals surface area contributed by atoms with E-state index in [0.717, 1.165) is 29.7 Å². The molecule has 3 rings (SSSR count). The lowest BCUT2D eigenvalue weighted by atomic mass is 9.98. The molecule has 1 heterocycles. The third-order valence-corrected chi connectivity index (χ3v) is 4.25. The van der Waals surface area contributed by atoms with E-state index >= 15 is 0 Å². The van der Waals surface area contributed by atoms with Crippen LogP contribution in [0.2, 0.25) is 0 Å². The van der Waals surface area contributed by atoms with Gasteiger partial charge in [0.2, 0.25) is 0 Å². The molecule has 0 spiro atoms. The molecule has 0 radical (unpaired) electrons. The van der Waals surface area contributed by atoms with Gasteiger partial charge in [-0.25, -0.2) is 0 Å². The fourth-order valence-electron chi connectivity index (χ4n) is 3.16. The van der Waals surface area contributed by atoms with Crippen LogP contribution < -0.4 is 4.90 Å². The summed E-state index contributed by atoms with van der Waals surface area (Å²) in [4.78, 5) is 25.5. The maximum atomic E-state index is 12.9. The molecule has 2 aromatic carbocycles. The Hall–Kier alpha value is -2.69. The Morgan fingerprint density at radius 1 is 1.22 bits per heavy atom. The lowest BCUT2D eigenvalue weighted by Crippen LogP contribution is -2.36. The van der Waals surface area contributed by atoms with Crippen molar-refractivity contribution < 1.29 is 9.72 Å². The van der Waals surface area contributed by atoms with Crippen LogP contribution in [0.5, 0.6) is 0 Å². The minimum Gasteiger partial charge on any atom is -0.308 e. The molecule has 0 unspecified atom stereocenters. The zero-order valence-electron chi connectivity index (χ0n) is 13.2. The number of hydrogen-bond acceptors (Lipinski definition) is 3. The number of rotatable bonds is 2. The number of carbonyl (C=O) groups is 1. The van der Waals surface area contributed by atoms with Crippen molar-refractivity contribution in [3.05, 3.63) is 68.8 Å². The van der Waals surface area contributed by atoms with Gasteiger partial charge < -0.3 is 4.90 Å². The minimum absolute atomic E-state index is 0.100. The number of para-hydroxylation sites is 1. The van der Waals surface area contributed by atoms with Crippen molar-refractivity contribution in [1.29, 1.82) is 0 Å². The monoisotopic (exact) mass is 310 g/mol. The van der Waals surface area contributed by atoms with E-state index in [2.05, 4.69) is 6.07 Å². The normalized spacial score (nSPS) is 13.6. The van der Waals surface area contributed by atoms with Crippen molar-refractivity contribution >= 4 is 17.3 Å². The number of anilines is 1. The van der Waals surface area contributed by atoms with Gasteiger partial charge in [0.15, 0.2) is 0 Å². The van der Waals surface area contributed by atoms with E-state index < -0.39 is 4.92 Å². The third kappa shape index (κ3) is 2.70. The summed E-state index contributed by atoms with van der Waals surface area (Å²) >= 11 is 0. The summed E-state index contributed by atoms with van der Waals surface area (Å²) in [5.41, 5.74) is 3.70. The fraction of sp³-hybridized carbons (Fsp3) is 0.278. The molecular formula is C18H18N2O3. The zero-order chi connectivity index (χ0) is 16.6. The van der Waals surface area contributed by atoms with E-state index in [1.807, 2.05) is 19.1 Å². The molecule has 0 aromatic heterocycles. The molecule has 1 amide bonds. The molecule has 1 aliphatic rings. The Morgan fingerprint density at radius 3 is 2.74 bits per heavy atom. The van der Waals surface area contributed by atoms with Crippen LogP contribution in [0.4, 0.5) is 11.4 Å². The summed E-state index contributed by atoms with van der Waals surface area (Å²) in [6.45, 7) is 4.26. The Balaban J connectivity index is 2.07. The van der Waals surface area contributed by atoms with Crippen molar-refractivity contribution in [2.45, 2.75) is 26.7 Å². The van der Waals surface area contributed by atoms with Gasteiger partial charge in [-0.3, -0.25) is 14.9 Å². The van der Waals surface area contributed by atoms with Crippen LogP contribution in [0.25, 0.3) is 0 Å². The number of nitro benzene ring substituents is 1. The first-order valence-corrected chi connectivity index (χ1v) is 7.64. The van der Waals surface area contributed by atoms with Gasteiger partial charge in [-0.2, -0.15) is 0 Å². The van der Waals surface area contributed by atoms with E-state index in [-0.39, 0.29) is 17.2 Å². The summed E-state index contributed by atoms with van der Waals surface area (Å²) < 4.78 is 0. The largest absolute Gasteiger partial charge is 0.308 e. The van der Waals surface area contributed by atoms with Gasteiger partial charge in [-0.05, 0) is 44.4 Å². The van der Waals surface area contributed by atoms with Crippen LogP contribution in [0.1, 0.15) is 33.5 Å². The SMILES string of the molecule is Cc1ccc2c(c1)CCCN2C(=O)c1cccc(C)c1[N+](=O)[O-]. The summed E-state index contributed by atoms with van der Waals surface area (Å²) in [5.74, 6) is -0.301. The van der Waals surface area contributed by atoms with Gasteiger partial charge in [0.05, 0.1) is 4.92 Å². The average molecular weight is 310 g/mol. The quantitative estimate of drug-likeness (QED) is 0.626. The van der Waals surface area contributed by atoms with E-state index in [4.69, 9.17) is 0 Å². The molecule has 2 aromatic rings. The Bertz CT molecular complexity index is 799. The Morgan fingerprint density at radius 2 is 2.00 bits per heavy atom. The number of amides is 1. The topological polar surface area (TPSA) is 63.5 Å². The summed E-state index contributed by atoms with van der Waals surface area (Å²) in [6, 6.07) is 10.9. The molecule has 0 N–H and O–H groups in total. The Labute approximate surface area is 134 Å². The van der Waals surface area contributed by atoms with E-state index in [0.29, 0.717) is 12.1 Å². The highest BCUT2D eigenvalue weighted by atomic mass is 16.6. The average Bonchev–Trinajstić information content (AvgIpc) is 2.52. The van der Waals surface area contributed by atoms with Crippen molar-refractivity contribution in [3.63, 3.8) is 0 Å². The number of fused-ring (bicyclic) bond motifs is 1. The maximum Gasteiger partial charge on any atom is 0.285 e. The second-order valence-electron chi connectivity index (χ2n) is 5.92. The predicted molar refractivity (Wildman–Crippen MR) is 89.0 cm³/mol. The van der Waals surface area contributed by atoms with Crippen LogP contribution >= 0.6 is 0 Å². The second kappa shape index (κ2) is 5.83. The standard InChI is InChI=1S/C18H18N2O3/c1-12-8-9-16-14(11-12)6-4-10-19(16)18(21)15-7-3-5-13(2)17(15)20(22)23/h3,5,7-9,11H,4,6,10H2,1-2H3. The van der Waals surface area contributed by atoms with Crippen molar-refractivity contribution in [2.75, 3.05) is 11.4 Å². The predicted octanol–water partition coefficient (Wildman–Crippen LogP) is 3.80. The van der Waals surface area contributed by atoms with Gasteiger partial charge in [-0.1, -0.05) is 29.8 Å². The van der Waals surface area contributed by atoms with Crippen molar-refractivity contribution in [2.24, 2.45) is 0 Å². The first-order valence-electron chi connectivity index (χ1n) is 7.64. The van der Waals surface area contributed by atoms with Crippen molar-refractivity contribution in [3.8, 4) is 0 Å². The molecule has 0 bridgehead atoms. The second-order valence-corrected chi connectivity index (χ2v) is 5.92.